The van der Waals surface area contributed by atoms with Gasteiger partial charge in [0.2, 0.25) is 5.71 Å². The number of ether oxygens (including phenoxy) is 2. The van der Waals surface area contributed by atoms with Crippen molar-refractivity contribution in [3.05, 3.63) is 94.3 Å². The number of halogens is 4. The Morgan fingerprint density at radius 1 is 0.875 bits per heavy atom. The number of methoxy groups -OCH3 is 2. The molecule has 0 amide bonds. The number of benzene rings is 3. The van der Waals surface area contributed by atoms with Gasteiger partial charge in [0.15, 0.2) is 18.0 Å². The van der Waals surface area contributed by atoms with Gasteiger partial charge >= 0.3 is 6.18 Å². The van der Waals surface area contributed by atoms with Gasteiger partial charge in [-0.15, -0.1) is 0 Å². The summed E-state index contributed by atoms with van der Waals surface area (Å²) >= 11 is 0. The Morgan fingerprint density at radius 2 is 1.53 bits per heavy atom. The largest absolute Gasteiger partial charge is 0.493 e. The molecule has 0 spiro atoms. The fourth-order valence-corrected chi connectivity index (χ4v) is 4.03. The summed E-state index contributed by atoms with van der Waals surface area (Å²) in [5.74, 6) is 0.745. The predicted molar refractivity (Wildman–Crippen MR) is 113 cm³/mol. The Kier molecular flexibility index (Phi) is 5.91. The minimum Gasteiger partial charge on any atom is -0.493 e. The maximum absolute atomic E-state index is 14.9. The summed E-state index contributed by atoms with van der Waals surface area (Å²) in [7, 11) is 3.10. The highest BCUT2D eigenvalue weighted by atomic mass is 19.4. The van der Waals surface area contributed by atoms with Crippen molar-refractivity contribution >= 4 is 5.71 Å². The lowest BCUT2D eigenvalue weighted by Gasteiger charge is -2.21. The molecule has 7 heteroatoms. The summed E-state index contributed by atoms with van der Waals surface area (Å²) in [5.41, 5.74) is 2.91. The van der Waals surface area contributed by atoms with Crippen LogP contribution in [0.15, 0.2) is 60.7 Å². The Balaban J connectivity index is 1.85. The number of nitrogens with zero attached hydrogens (tertiary/aromatic N) is 1. The molecular formula is C25H22F4NO2+. The van der Waals surface area contributed by atoms with E-state index in [1.165, 1.54) is 25.3 Å². The number of hydrogen-bond acceptors (Lipinski definition) is 2. The summed E-state index contributed by atoms with van der Waals surface area (Å²) in [6.07, 6.45) is -3.71. The predicted octanol–water partition coefficient (Wildman–Crippen LogP) is 5.47. The molecule has 1 aliphatic rings. The van der Waals surface area contributed by atoms with E-state index in [2.05, 4.69) is 0 Å². The third-order valence-electron chi connectivity index (χ3n) is 5.62. The van der Waals surface area contributed by atoms with Crippen molar-refractivity contribution in [1.29, 1.82) is 0 Å². The molecule has 0 radical (unpaired) electrons. The summed E-state index contributed by atoms with van der Waals surface area (Å²) in [6, 6.07) is 15.3. The van der Waals surface area contributed by atoms with Crippen molar-refractivity contribution in [2.45, 2.75) is 19.1 Å². The lowest BCUT2D eigenvalue weighted by Crippen LogP contribution is -2.31. The van der Waals surface area contributed by atoms with E-state index >= 15 is 0 Å². The standard InChI is InChI=1S/C25H22F4NO2/c1-31-22-13-17-11-12-30(15-16-7-9-18(10-8-16)25(27,28)29)24(20(17)14-23(22)32-2)19-5-3-4-6-21(19)26/h3-10,13-14H,11-12,15H2,1-2H3/q+1. The average Bonchev–Trinajstić information content (AvgIpc) is 2.78. The highest BCUT2D eigenvalue weighted by Crippen LogP contribution is 2.34. The maximum Gasteiger partial charge on any atom is 0.416 e. The number of rotatable bonds is 5. The van der Waals surface area contributed by atoms with Gasteiger partial charge in [-0.3, -0.25) is 0 Å². The van der Waals surface area contributed by atoms with Crippen LogP contribution < -0.4 is 9.47 Å². The van der Waals surface area contributed by atoms with Gasteiger partial charge in [0.05, 0.1) is 30.9 Å². The fourth-order valence-electron chi connectivity index (χ4n) is 4.03. The van der Waals surface area contributed by atoms with Crippen LogP contribution in [0.25, 0.3) is 0 Å². The minimum absolute atomic E-state index is 0.343. The highest BCUT2D eigenvalue weighted by Gasteiger charge is 2.32. The first-order valence-electron chi connectivity index (χ1n) is 10.1. The first-order valence-corrected chi connectivity index (χ1v) is 10.1. The smallest absolute Gasteiger partial charge is 0.416 e. The summed E-state index contributed by atoms with van der Waals surface area (Å²) in [6.45, 7) is 0.919. The Labute approximate surface area is 183 Å². The van der Waals surface area contributed by atoms with Gasteiger partial charge in [-0.2, -0.15) is 13.2 Å². The molecule has 0 saturated heterocycles. The van der Waals surface area contributed by atoms with Crippen molar-refractivity contribution in [1.82, 2.24) is 0 Å². The lowest BCUT2D eigenvalue weighted by atomic mass is 9.91. The molecule has 0 saturated carbocycles. The van der Waals surface area contributed by atoms with Crippen LogP contribution in [0.3, 0.4) is 0 Å². The van der Waals surface area contributed by atoms with Crippen LogP contribution in [0.1, 0.15) is 27.8 Å². The molecular weight excluding hydrogens is 422 g/mol. The van der Waals surface area contributed by atoms with E-state index in [0.717, 1.165) is 23.3 Å². The summed E-state index contributed by atoms with van der Waals surface area (Å²) < 4.78 is 66.5. The third-order valence-corrected chi connectivity index (χ3v) is 5.62. The van der Waals surface area contributed by atoms with E-state index in [4.69, 9.17) is 9.47 Å². The van der Waals surface area contributed by atoms with Crippen molar-refractivity contribution in [3.63, 3.8) is 0 Å². The molecule has 0 aliphatic carbocycles. The maximum atomic E-state index is 14.9. The fraction of sp³-hybridized carbons (Fsp3) is 0.240. The quantitative estimate of drug-likeness (QED) is 0.385. The second-order valence-electron chi connectivity index (χ2n) is 7.56. The van der Waals surface area contributed by atoms with Gasteiger partial charge in [-0.05, 0) is 42.0 Å². The molecule has 3 aromatic rings. The first-order chi connectivity index (χ1) is 15.3. The zero-order valence-corrected chi connectivity index (χ0v) is 17.7. The van der Waals surface area contributed by atoms with Gasteiger partial charge in [0.1, 0.15) is 12.4 Å². The molecule has 4 rings (SSSR count). The van der Waals surface area contributed by atoms with E-state index in [1.807, 2.05) is 16.7 Å². The van der Waals surface area contributed by atoms with Crippen LogP contribution in [-0.4, -0.2) is 31.1 Å². The molecule has 0 atom stereocenters. The Morgan fingerprint density at radius 3 is 2.16 bits per heavy atom. The lowest BCUT2D eigenvalue weighted by molar-refractivity contribution is -0.544. The summed E-state index contributed by atoms with van der Waals surface area (Å²) in [5, 5.41) is 0. The van der Waals surface area contributed by atoms with Crippen LogP contribution in [0.2, 0.25) is 0 Å². The second-order valence-corrected chi connectivity index (χ2v) is 7.56. The molecule has 0 aromatic heterocycles. The number of alkyl halides is 3. The molecule has 1 aliphatic heterocycles. The normalized spacial score (nSPS) is 13.7. The molecule has 0 fully saturated rings. The van der Waals surface area contributed by atoms with Gasteiger partial charge in [-0.1, -0.05) is 24.3 Å². The average molecular weight is 444 g/mol. The summed E-state index contributed by atoms with van der Waals surface area (Å²) in [4.78, 5) is 0. The van der Waals surface area contributed by atoms with E-state index in [1.54, 1.807) is 25.3 Å². The molecule has 0 unspecified atom stereocenters. The molecule has 166 valence electrons. The van der Waals surface area contributed by atoms with E-state index in [0.29, 0.717) is 47.8 Å². The monoisotopic (exact) mass is 444 g/mol. The second kappa shape index (κ2) is 8.65. The minimum atomic E-state index is -4.39. The van der Waals surface area contributed by atoms with E-state index in [9.17, 15) is 17.6 Å². The molecule has 3 aromatic carbocycles. The Hall–Kier alpha value is -3.35. The SMILES string of the molecule is COc1cc2c(cc1OC)C(c1ccccc1F)=[N+](Cc1ccc(C(F)(F)F)cc1)CC2. The van der Waals surface area contributed by atoms with Crippen LogP contribution in [0.4, 0.5) is 17.6 Å². The molecule has 3 nitrogen and oxygen atoms in total. The van der Waals surface area contributed by atoms with E-state index in [-0.39, 0.29) is 5.82 Å². The first kappa shape index (κ1) is 21.9. The topological polar surface area (TPSA) is 21.5 Å². The van der Waals surface area contributed by atoms with Crippen LogP contribution >= 0.6 is 0 Å². The molecule has 1 heterocycles. The Bertz CT molecular complexity index is 1170. The van der Waals surface area contributed by atoms with Crippen LogP contribution in [-0.2, 0) is 19.1 Å². The zero-order chi connectivity index (χ0) is 22.9. The van der Waals surface area contributed by atoms with Gasteiger partial charge in [0.25, 0.3) is 0 Å². The van der Waals surface area contributed by atoms with Crippen LogP contribution in [0.5, 0.6) is 11.5 Å². The van der Waals surface area contributed by atoms with Gasteiger partial charge < -0.3 is 9.47 Å². The molecule has 0 bridgehead atoms. The van der Waals surface area contributed by atoms with Gasteiger partial charge in [0, 0.05) is 12.0 Å². The number of fused-ring (bicyclic) bond motifs is 1. The third kappa shape index (κ3) is 4.20. The molecule has 32 heavy (non-hydrogen) atoms. The molecule has 0 N–H and O–H groups in total. The van der Waals surface area contributed by atoms with Crippen molar-refractivity contribution in [2.24, 2.45) is 0 Å². The van der Waals surface area contributed by atoms with Crippen molar-refractivity contribution in [3.8, 4) is 11.5 Å². The zero-order valence-electron chi connectivity index (χ0n) is 17.7. The van der Waals surface area contributed by atoms with Crippen molar-refractivity contribution < 1.29 is 31.6 Å². The highest BCUT2D eigenvalue weighted by molar-refractivity contribution is 6.11. The van der Waals surface area contributed by atoms with Gasteiger partial charge in [-0.25, -0.2) is 8.97 Å². The van der Waals surface area contributed by atoms with Crippen molar-refractivity contribution in [2.75, 3.05) is 20.8 Å². The van der Waals surface area contributed by atoms with Crippen LogP contribution in [0, 0.1) is 5.82 Å². The van der Waals surface area contributed by atoms with E-state index < -0.39 is 11.7 Å². The number of hydrogen-bond donors (Lipinski definition) is 0.